The molecule has 142 valence electrons. The fraction of sp³-hybridized carbons (Fsp3) is 0.125. The van der Waals surface area contributed by atoms with Crippen LogP contribution in [0, 0.1) is 40.5 Å². The lowest BCUT2D eigenvalue weighted by Gasteiger charge is -2.05. The van der Waals surface area contributed by atoms with Crippen LogP contribution in [0.25, 0.3) is 16.7 Å². The maximum Gasteiger partial charge on any atom is 0.284 e. The van der Waals surface area contributed by atoms with Crippen LogP contribution >= 0.6 is 0 Å². The SMILES string of the molecule is CC(C)=C1c2cc([N+](=O)[O-])cc([N+](=O)[O-])c2-c2c1cc([N+](=O)[O-])cc2[N+](=O)[O-]. The van der Waals surface area contributed by atoms with Gasteiger partial charge in [0, 0.05) is 23.3 Å². The van der Waals surface area contributed by atoms with Crippen LogP contribution in [0.15, 0.2) is 29.8 Å². The van der Waals surface area contributed by atoms with E-state index in [1.165, 1.54) is 0 Å². The summed E-state index contributed by atoms with van der Waals surface area (Å²) < 4.78 is 0. The molecule has 2 aromatic rings. The Bertz CT molecular complexity index is 1060. The van der Waals surface area contributed by atoms with Gasteiger partial charge in [0.2, 0.25) is 0 Å². The Morgan fingerprint density at radius 1 is 0.643 bits per heavy atom. The summed E-state index contributed by atoms with van der Waals surface area (Å²) >= 11 is 0. The second kappa shape index (κ2) is 6.19. The summed E-state index contributed by atoms with van der Waals surface area (Å²) in [5.74, 6) is 0. The van der Waals surface area contributed by atoms with Gasteiger partial charge in [0.05, 0.1) is 43.0 Å². The smallest absolute Gasteiger partial charge is 0.258 e. The zero-order valence-corrected chi connectivity index (χ0v) is 14.4. The van der Waals surface area contributed by atoms with Gasteiger partial charge in [-0.05, 0) is 19.4 Å². The van der Waals surface area contributed by atoms with Crippen LogP contribution < -0.4 is 0 Å². The molecular formula is C16H10N4O8. The Hall–Kier alpha value is -4.22. The van der Waals surface area contributed by atoms with Crippen molar-refractivity contribution >= 4 is 28.3 Å². The van der Waals surface area contributed by atoms with Gasteiger partial charge in [-0.3, -0.25) is 40.5 Å². The largest absolute Gasteiger partial charge is 0.284 e. The van der Waals surface area contributed by atoms with Gasteiger partial charge < -0.3 is 0 Å². The van der Waals surface area contributed by atoms with Crippen LogP contribution in [0.1, 0.15) is 25.0 Å². The maximum atomic E-state index is 11.6. The van der Waals surface area contributed by atoms with Gasteiger partial charge >= 0.3 is 0 Å². The van der Waals surface area contributed by atoms with E-state index in [1.54, 1.807) is 13.8 Å². The van der Waals surface area contributed by atoms with Gasteiger partial charge in [-0.15, -0.1) is 0 Å². The molecule has 0 radical (unpaired) electrons. The summed E-state index contributed by atoms with van der Waals surface area (Å²) in [6, 6.07) is 3.61. The van der Waals surface area contributed by atoms with Crippen molar-refractivity contribution in [2.24, 2.45) is 0 Å². The number of fused-ring (bicyclic) bond motifs is 3. The minimum atomic E-state index is -0.866. The highest BCUT2D eigenvalue weighted by atomic mass is 16.6. The number of allylic oxidation sites excluding steroid dienone is 1. The zero-order valence-electron chi connectivity index (χ0n) is 14.4. The predicted octanol–water partition coefficient (Wildman–Crippen LogP) is 4.14. The Morgan fingerprint density at radius 3 is 1.25 bits per heavy atom. The van der Waals surface area contributed by atoms with Crippen molar-refractivity contribution in [3.63, 3.8) is 0 Å². The summed E-state index contributed by atoms with van der Waals surface area (Å²) in [5.41, 5.74) is -1.92. The maximum absolute atomic E-state index is 11.6. The van der Waals surface area contributed by atoms with E-state index in [-0.39, 0.29) is 27.8 Å². The van der Waals surface area contributed by atoms with E-state index < -0.39 is 42.4 Å². The first-order valence-electron chi connectivity index (χ1n) is 7.66. The highest BCUT2D eigenvalue weighted by Gasteiger charge is 2.40. The van der Waals surface area contributed by atoms with Gasteiger partial charge in [0.25, 0.3) is 22.7 Å². The number of hydrogen-bond acceptors (Lipinski definition) is 8. The summed E-state index contributed by atoms with van der Waals surface area (Å²) in [6.45, 7) is 3.20. The van der Waals surface area contributed by atoms with Gasteiger partial charge in [-0.1, -0.05) is 5.57 Å². The van der Waals surface area contributed by atoms with Crippen molar-refractivity contribution in [1.29, 1.82) is 0 Å². The number of nitro groups is 4. The van der Waals surface area contributed by atoms with E-state index in [0.717, 1.165) is 24.3 Å². The number of non-ortho nitro benzene ring substituents is 2. The zero-order chi connectivity index (χ0) is 20.9. The van der Waals surface area contributed by atoms with E-state index >= 15 is 0 Å². The molecule has 0 atom stereocenters. The molecule has 0 bridgehead atoms. The number of nitro benzene ring substituents is 4. The third-order valence-corrected chi connectivity index (χ3v) is 4.31. The third kappa shape index (κ3) is 2.63. The lowest BCUT2D eigenvalue weighted by molar-refractivity contribution is -0.395. The number of hydrogen-bond donors (Lipinski definition) is 0. The van der Waals surface area contributed by atoms with Crippen molar-refractivity contribution in [2.75, 3.05) is 0 Å². The molecular weight excluding hydrogens is 376 g/mol. The van der Waals surface area contributed by atoms with Crippen molar-refractivity contribution in [2.45, 2.75) is 13.8 Å². The van der Waals surface area contributed by atoms with E-state index in [0.29, 0.717) is 5.57 Å². The molecule has 0 fully saturated rings. The summed E-state index contributed by atoms with van der Waals surface area (Å²) in [7, 11) is 0. The third-order valence-electron chi connectivity index (χ3n) is 4.31. The van der Waals surface area contributed by atoms with E-state index in [1.807, 2.05) is 0 Å². The van der Waals surface area contributed by atoms with Crippen molar-refractivity contribution in [3.8, 4) is 11.1 Å². The van der Waals surface area contributed by atoms with E-state index in [2.05, 4.69) is 0 Å². The molecule has 0 aliphatic heterocycles. The van der Waals surface area contributed by atoms with Crippen molar-refractivity contribution in [3.05, 3.63) is 81.4 Å². The Labute approximate surface area is 155 Å². The second-order valence-corrected chi connectivity index (χ2v) is 6.18. The molecule has 0 aromatic heterocycles. The first-order chi connectivity index (χ1) is 13.0. The number of rotatable bonds is 4. The Morgan fingerprint density at radius 2 is 1.00 bits per heavy atom. The van der Waals surface area contributed by atoms with Crippen LogP contribution in [0.4, 0.5) is 22.7 Å². The normalized spacial score (nSPS) is 11.6. The molecule has 0 spiro atoms. The second-order valence-electron chi connectivity index (χ2n) is 6.18. The van der Waals surface area contributed by atoms with Crippen LogP contribution in [0.5, 0.6) is 0 Å². The molecule has 0 heterocycles. The highest BCUT2D eigenvalue weighted by molar-refractivity contribution is 6.08. The van der Waals surface area contributed by atoms with Crippen LogP contribution in [-0.4, -0.2) is 19.7 Å². The summed E-state index contributed by atoms with van der Waals surface area (Å²) in [4.78, 5) is 42.2. The number of benzene rings is 2. The minimum Gasteiger partial charge on any atom is -0.258 e. The van der Waals surface area contributed by atoms with Gasteiger partial charge in [0.1, 0.15) is 0 Å². The molecule has 0 N–H and O–H groups in total. The van der Waals surface area contributed by atoms with Gasteiger partial charge in [-0.2, -0.15) is 0 Å². The first-order valence-corrected chi connectivity index (χ1v) is 7.66. The molecule has 0 amide bonds. The lowest BCUT2D eigenvalue weighted by atomic mass is 9.98. The first kappa shape index (κ1) is 18.6. The molecule has 2 aromatic carbocycles. The molecule has 12 nitrogen and oxygen atoms in total. The van der Waals surface area contributed by atoms with Gasteiger partial charge in [0.15, 0.2) is 0 Å². The fourth-order valence-corrected chi connectivity index (χ4v) is 3.33. The summed E-state index contributed by atoms with van der Waals surface area (Å²) in [5, 5.41) is 45.6. The number of nitrogens with zero attached hydrogens (tertiary/aromatic N) is 4. The van der Waals surface area contributed by atoms with Crippen LogP contribution in [0.2, 0.25) is 0 Å². The van der Waals surface area contributed by atoms with E-state index in [9.17, 15) is 40.5 Å². The molecule has 28 heavy (non-hydrogen) atoms. The average molecular weight is 386 g/mol. The molecule has 12 heteroatoms. The highest BCUT2D eigenvalue weighted by Crippen LogP contribution is 2.55. The standard InChI is InChI=1S/C16H10N4O8/c1-7(2)14-10-3-8(17(21)22)5-12(19(25)26)15(10)16-11(14)4-9(18(23)24)6-13(16)20(27)28/h3-6H,1-2H3. The van der Waals surface area contributed by atoms with Crippen molar-refractivity contribution < 1.29 is 19.7 Å². The quantitative estimate of drug-likeness (QED) is 0.475. The predicted molar refractivity (Wildman–Crippen MR) is 95.9 cm³/mol. The summed E-state index contributed by atoms with van der Waals surface area (Å²) in [6.07, 6.45) is 0. The topological polar surface area (TPSA) is 173 Å². The van der Waals surface area contributed by atoms with Crippen LogP contribution in [-0.2, 0) is 0 Å². The van der Waals surface area contributed by atoms with E-state index in [4.69, 9.17) is 0 Å². The molecule has 0 saturated heterocycles. The van der Waals surface area contributed by atoms with Crippen LogP contribution in [0.3, 0.4) is 0 Å². The molecule has 1 aliphatic rings. The molecule has 3 rings (SSSR count). The molecule has 0 saturated carbocycles. The Balaban J connectivity index is 2.58. The van der Waals surface area contributed by atoms with Gasteiger partial charge in [-0.25, -0.2) is 0 Å². The minimum absolute atomic E-state index is 0.0551. The average Bonchev–Trinajstić information content (AvgIpc) is 2.93. The fourth-order valence-electron chi connectivity index (χ4n) is 3.33. The molecule has 1 aliphatic carbocycles. The lowest BCUT2D eigenvalue weighted by Crippen LogP contribution is -1.99. The van der Waals surface area contributed by atoms with Crippen molar-refractivity contribution in [1.82, 2.24) is 0 Å². The monoisotopic (exact) mass is 386 g/mol. The molecule has 0 unspecified atom stereocenters. The Kier molecular flexibility index (Phi) is 4.11.